The molecule has 7 heteroatoms. The van der Waals surface area contributed by atoms with Crippen LogP contribution < -0.4 is 19.3 Å². The van der Waals surface area contributed by atoms with Gasteiger partial charge in [-0.15, -0.1) is 0 Å². The van der Waals surface area contributed by atoms with Crippen LogP contribution in [0.4, 0.5) is 11.4 Å². The molecule has 0 spiro atoms. The van der Waals surface area contributed by atoms with Crippen LogP contribution in [0.2, 0.25) is 0 Å². The summed E-state index contributed by atoms with van der Waals surface area (Å²) in [5.74, 6) is -0.492. The van der Waals surface area contributed by atoms with Gasteiger partial charge in [0.05, 0.1) is 11.1 Å². The number of benzene rings is 4. The predicted molar refractivity (Wildman–Crippen MR) is 148 cm³/mol. The normalized spacial score (nSPS) is 10.4. The van der Waals surface area contributed by atoms with Crippen molar-refractivity contribution in [2.45, 2.75) is 0 Å². The third kappa shape index (κ3) is 6.25. The molecule has 0 N–H and O–H groups in total. The molecule has 0 atom stereocenters. The van der Waals surface area contributed by atoms with Crippen molar-refractivity contribution in [1.82, 2.24) is 0 Å². The first kappa shape index (κ1) is 26.2. The molecule has 0 heterocycles. The Bertz CT molecular complexity index is 1310. The number of esters is 2. The number of ketones is 1. The van der Waals surface area contributed by atoms with E-state index >= 15 is 0 Å². The van der Waals surface area contributed by atoms with Crippen LogP contribution in [0.15, 0.2) is 97.1 Å². The Morgan fingerprint density at radius 2 is 0.737 bits per heavy atom. The minimum atomic E-state index is -0.479. The highest BCUT2D eigenvalue weighted by Gasteiger charge is 2.14. The summed E-state index contributed by atoms with van der Waals surface area (Å²) in [5, 5.41) is 0. The molecule has 0 aliphatic heterocycles. The van der Waals surface area contributed by atoms with E-state index in [1.54, 1.807) is 72.8 Å². The molecule has 0 fully saturated rings. The lowest BCUT2D eigenvalue weighted by molar-refractivity contribution is 0.0725. The van der Waals surface area contributed by atoms with Gasteiger partial charge in [-0.05, 0) is 97.1 Å². The number of carbonyl (C=O) groups is 3. The zero-order valence-electron chi connectivity index (χ0n) is 21.7. The van der Waals surface area contributed by atoms with Crippen LogP contribution in [0, 0.1) is 0 Å². The first-order valence-corrected chi connectivity index (χ1v) is 12.0. The maximum absolute atomic E-state index is 12.9. The number of ether oxygens (including phenoxy) is 2. The van der Waals surface area contributed by atoms with Crippen molar-refractivity contribution in [3.05, 3.63) is 119 Å². The highest BCUT2D eigenvalue weighted by molar-refractivity contribution is 6.09. The van der Waals surface area contributed by atoms with Gasteiger partial charge in [-0.2, -0.15) is 0 Å². The number of carbonyl (C=O) groups excluding carboxylic acids is 3. The van der Waals surface area contributed by atoms with E-state index < -0.39 is 11.9 Å². The number of hydrogen-bond donors (Lipinski definition) is 0. The molecule has 0 radical (unpaired) electrons. The average Bonchev–Trinajstić information content (AvgIpc) is 2.93. The Hall–Kier alpha value is -4.91. The third-order valence-corrected chi connectivity index (χ3v) is 5.89. The second-order valence-electron chi connectivity index (χ2n) is 9.04. The standard InChI is InChI=1S/C31H28N2O5/c1-32(2)25-13-5-23(6-14-25)30(35)37-27-17-9-21(10-18-27)29(34)22-11-19-28(20-12-22)38-31(36)24-7-15-26(16-8-24)33(3)4/h5-20H,1-4H3. The molecule has 192 valence electrons. The zero-order chi connectivity index (χ0) is 27.2. The van der Waals surface area contributed by atoms with E-state index in [0.717, 1.165) is 11.4 Å². The van der Waals surface area contributed by atoms with Crippen molar-refractivity contribution < 1.29 is 23.9 Å². The number of rotatable bonds is 8. The molecular formula is C31H28N2O5. The molecule has 0 saturated carbocycles. The summed E-state index contributed by atoms with van der Waals surface area (Å²) in [5.41, 5.74) is 3.69. The van der Waals surface area contributed by atoms with E-state index in [1.165, 1.54) is 0 Å². The van der Waals surface area contributed by atoms with Crippen molar-refractivity contribution in [1.29, 1.82) is 0 Å². The Balaban J connectivity index is 1.36. The van der Waals surface area contributed by atoms with Gasteiger partial charge in [0, 0.05) is 50.7 Å². The largest absolute Gasteiger partial charge is 0.423 e. The van der Waals surface area contributed by atoms with Crippen LogP contribution in [0.1, 0.15) is 36.6 Å². The quantitative estimate of drug-likeness (QED) is 0.177. The summed E-state index contributed by atoms with van der Waals surface area (Å²) in [4.78, 5) is 41.7. The summed E-state index contributed by atoms with van der Waals surface area (Å²) in [7, 11) is 7.69. The monoisotopic (exact) mass is 508 g/mol. The van der Waals surface area contributed by atoms with Crippen molar-refractivity contribution in [2.75, 3.05) is 38.0 Å². The van der Waals surface area contributed by atoms with Crippen molar-refractivity contribution >= 4 is 29.1 Å². The molecular weight excluding hydrogens is 480 g/mol. The van der Waals surface area contributed by atoms with Crippen LogP contribution in [-0.2, 0) is 0 Å². The Labute approximate surface area is 221 Å². The maximum atomic E-state index is 12.9. The SMILES string of the molecule is CN(C)c1ccc(C(=O)Oc2ccc(C(=O)c3ccc(OC(=O)c4ccc(N(C)C)cc4)cc3)cc2)cc1. The first-order chi connectivity index (χ1) is 18.2. The number of anilines is 2. The smallest absolute Gasteiger partial charge is 0.343 e. The summed E-state index contributed by atoms with van der Waals surface area (Å²) in [6, 6.07) is 26.9. The molecule has 0 aromatic heterocycles. The molecule has 38 heavy (non-hydrogen) atoms. The maximum Gasteiger partial charge on any atom is 0.343 e. The van der Waals surface area contributed by atoms with Crippen LogP contribution >= 0.6 is 0 Å². The molecule has 4 rings (SSSR count). The van der Waals surface area contributed by atoms with Gasteiger partial charge in [0.25, 0.3) is 0 Å². The molecule has 4 aromatic rings. The van der Waals surface area contributed by atoms with Gasteiger partial charge in [0.15, 0.2) is 5.78 Å². The molecule has 7 nitrogen and oxygen atoms in total. The van der Waals surface area contributed by atoms with E-state index in [2.05, 4.69) is 0 Å². The number of hydrogen-bond acceptors (Lipinski definition) is 7. The minimum absolute atomic E-state index is 0.209. The van der Waals surface area contributed by atoms with Gasteiger partial charge in [-0.25, -0.2) is 9.59 Å². The highest BCUT2D eigenvalue weighted by Crippen LogP contribution is 2.21. The van der Waals surface area contributed by atoms with E-state index in [0.29, 0.717) is 33.8 Å². The van der Waals surface area contributed by atoms with Crippen LogP contribution in [-0.4, -0.2) is 45.9 Å². The van der Waals surface area contributed by atoms with E-state index in [9.17, 15) is 14.4 Å². The lowest BCUT2D eigenvalue weighted by Crippen LogP contribution is -2.11. The van der Waals surface area contributed by atoms with Gasteiger partial charge in [-0.3, -0.25) is 4.79 Å². The van der Waals surface area contributed by atoms with Crippen molar-refractivity contribution in [2.24, 2.45) is 0 Å². The van der Waals surface area contributed by atoms with Crippen LogP contribution in [0.25, 0.3) is 0 Å². The Morgan fingerprint density at radius 1 is 0.447 bits per heavy atom. The van der Waals surface area contributed by atoms with E-state index in [-0.39, 0.29) is 5.78 Å². The topological polar surface area (TPSA) is 76.1 Å². The van der Waals surface area contributed by atoms with Crippen molar-refractivity contribution in [3.63, 3.8) is 0 Å². The van der Waals surface area contributed by atoms with Crippen LogP contribution in [0.3, 0.4) is 0 Å². The Kier molecular flexibility index (Phi) is 7.87. The second kappa shape index (κ2) is 11.4. The van der Waals surface area contributed by atoms with Gasteiger partial charge in [0.1, 0.15) is 11.5 Å². The second-order valence-corrected chi connectivity index (χ2v) is 9.04. The molecule has 0 saturated heterocycles. The fourth-order valence-corrected chi connectivity index (χ4v) is 3.64. The predicted octanol–water partition coefficient (Wildman–Crippen LogP) is 5.49. The van der Waals surface area contributed by atoms with Gasteiger partial charge < -0.3 is 19.3 Å². The molecule has 0 bridgehead atoms. The lowest BCUT2D eigenvalue weighted by atomic mass is 10.0. The number of nitrogens with zero attached hydrogens (tertiary/aromatic N) is 2. The summed E-state index contributed by atoms with van der Waals surface area (Å²) >= 11 is 0. The highest BCUT2D eigenvalue weighted by atomic mass is 16.5. The summed E-state index contributed by atoms with van der Waals surface area (Å²) in [6.45, 7) is 0. The summed E-state index contributed by atoms with van der Waals surface area (Å²) in [6.07, 6.45) is 0. The van der Waals surface area contributed by atoms with Crippen molar-refractivity contribution in [3.8, 4) is 11.5 Å². The fraction of sp³-hybridized carbons (Fsp3) is 0.129. The molecule has 0 unspecified atom stereocenters. The Morgan fingerprint density at radius 3 is 1.03 bits per heavy atom. The van der Waals surface area contributed by atoms with Crippen LogP contribution in [0.5, 0.6) is 11.5 Å². The van der Waals surface area contributed by atoms with E-state index in [1.807, 2.05) is 62.3 Å². The van der Waals surface area contributed by atoms with Gasteiger partial charge in [-0.1, -0.05) is 0 Å². The van der Waals surface area contributed by atoms with Gasteiger partial charge in [0.2, 0.25) is 0 Å². The molecule has 0 aliphatic carbocycles. The summed E-state index contributed by atoms with van der Waals surface area (Å²) < 4.78 is 10.9. The lowest BCUT2D eigenvalue weighted by Gasteiger charge is -2.12. The third-order valence-electron chi connectivity index (χ3n) is 5.89. The molecule has 0 amide bonds. The van der Waals surface area contributed by atoms with Gasteiger partial charge >= 0.3 is 11.9 Å². The molecule has 4 aromatic carbocycles. The minimum Gasteiger partial charge on any atom is -0.423 e. The zero-order valence-corrected chi connectivity index (χ0v) is 21.7. The molecule has 0 aliphatic rings. The first-order valence-electron chi connectivity index (χ1n) is 12.0. The van der Waals surface area contributed by atoms with E-state index in [4.69, 9.17) is 9.47 Å². The fourth-order valence-electron chi connectivity index (χ4n) is 3.64. The average molecular weight is 509 g/mol.